The first-order valence-corrected chi connectivity index (χ1v) is 19.5. The number of carbonyl (C=O) groups is 2. The molecule has 284 valence electrons. The van der Waals surface area contributed by atoms with E-state index in [1.165, 1.54) is 17.2 Å². The molecule has 1 unspecified atom stereocenters. The second-order valence-corrected chi connectivity index (χ2v) is 15.7. The van der Waals surface area contributed by atoms with Gasteiger partial charge in [0.1, 0.15) is 11.9 Å². The van der Waals surface area contributed by atoms with Crippen molar-refractivity contribution in [1.29, 1.82) is 0 Å². The highest BCUT2D eigenvalue weighted by Crippen LogP contribution is 2.35. The van der Waals surface area contributed by atoms with Crippen LogP contribution in [0.1, 0.15) is 63.9 Å². The average molecular weight is 743 g/mol. The van der Waals surface area contributed by atoms with Crippen molar-refractivity contribution in [2.24, 2.45) is 13.0 Å². The quantitative estimate of drug-likeness (QED) is 0.173. The molecule has 2 amide bonds. The highest BCUT2D eigenvalue weighted by molar-refractivity contribution is 6.01. The number of nitrogens with zero attached hydrogens (tertiary/aromatic N) is 7. The van der Waals surface area contributed by atoms with Crippen molar-refractivity contribution in [1.82, 2.24) is 34.9 Å². The van der Waals surface area contributed by atoms with Gasteiger partial charge in [0.2, 0.25) is 11.9 Å². The van der Waals surface area contributed by atoms with Crippen LogP contribution in [0.2, 0.25) is 0 Å². The number of rotatable bonds is 8. The van der Waals surface area contributed by atoms with E-state index >= 15 is 4.39 Å². The monoisotopic (exact) mass is 742 g/mol. The smallest absolute Gasteiger partial charge is 0.255 e. The number of aromatic nitrogens is 4. The first kappa shape index (κ1) is 35.2. The Morgan fingerprint density at radius 1 is 0.927 bits per heavy atom. The van der Waals surface area contributed by atoms with E-state index in [4.69, 9.17) is 10.1 Å². The summed E-state index contributed by atoms with van der Waals surface area (Å²) in [5, 5.41) is 15.4. The lowest BCUT2D eigenvalue weighted by atomic mass is 9.93. The van der Waals surface area contributed by atoms with Crippen LogP contribution in [-0.2, 0) is 31.4 Å². The van der Waals surface area contributed by atoms with Gasteiger partial charge >= 0.3 is 0 Å². The van der Waals surface area contributed by atoms with Gasteiger partial charge in [-0.15, -0.1) is 0 Å². The van der Waals surface area contributed by atoms with E-state index in [9.17, 15) is 9.59 Å². The molecule has 3 aromatic carbocycles. The van der Waals surface area contributed by atoms with E-state index in [2.05, 4.69) is 81.0 Å². The van der Waals surface area contributed by atoms with E-state index in [1.54, 1.807) is 9.58 Å². The van der Waals surface area contributed by atoms with Crippen LogP contribution in [0.4, 0.5) is 33.2 Å². The number of aryl methyl sites for hydroxylation is 3. The second-order valence-electron chi connectivity index (χ2n) is 15.7. The van der Waals surface area contributed by atoms with Crippen LogP contribution in [0.3, 0.4) is 0 Å². The molecule has 0 bridgehead atoms. The molecular weight excluding hydrogens is 696 g/mol. The number of amides is 2. The molecular formula is C42H47FN10O2. The van der Waals surface area contributed by atoms with Gasteiger partial charge in [-0.05, 0) is 104 Å². The maximum Gasteiger partial charge on any atom is 0.255 e. The summed E-state index contributed by atoms with van der Waals surface area (Å²) in [5.74, 6) is 1.05. The van der Waals surface area contributed by atoms with Crippen molar-refractivity contribution < 1.29 is 14.0 Å². The Balaban J connectivity index is 0.816. The standard InChI is InChI=1S/C42H47FN10O2/c1-25-6-4-7-26(2)37(25)47-38-33-21-45-42(48-39(33)50(3)49-38)46-31-10-9-28-13-15-51(23-29(28)18-31)22-27-11-16-52(17-12-27)36-19-30-24-53(35-8-5-14-44-40(35)54)41(55)32(30)20-34(36)43/h4,6-7,9-10,18-21,27,35H,5,8,11-17,22-24H2,1-3H3,(H,44,54)(H,47,49)(H,45,46,48). The van der Waals surface area contributed by atoms with Gasteiger partial charge in [0, 0.05) is 76.0 Å². The van der Waals surface area contributed by atoms with Crippen molar-refractivity contribution >= 4 is 51.7 Å². The highest BCUT2D eigenvalue weighted by Gasteiger charge is 2.38. The van der Waals surface area contributed by atoms with Crippen LogP contribution in [0.25, 0.3) is 11.0 Å². The molecule has 2 saturated heterocycles. The normalized spacial score (nSPS) is 19.1. The summed E-state index contributed by atoms with van der Waals surface area (Å²) in [5.41, 5.74) is 9.48. The second kappa shape index (κ2) is 14.3. The van der Waals surface area contributed by atoms with Gasteiger partial charge in [0.05, 0.1) is 11.1 Å². The minimum Gasteiger partial charge on any atom is -0.369 e. The molecule has 55 heavy (non-hydrogen) atoms. The third kappa shape index (κ3) is 6.75. The Kier molecular flexibility index (Phi) is 9.12. The Morgan fingerprint density at radius 2 is 1.75 bits per heavy atom. The van der Waals surface area contributed by atoms with Gasteiger partial charge < -0.3 is 25.8 Å². The molecule has 4 aliphatic heterocycles. The molecule has 13 heteroatoms. The summed E-state index contributed by atoms with van der Waals surface area (Å²) in [6.45, 7) is 9.59. The summed E-state index contributed by atoms with van der Waals surface area (Å²) in [6, 6.07) is 15.5. The number of halogens is 1. The predicted octanol–water partition coefficient (Wildman–Crippen LogP) is 6.12. The molecule has 0 aliphatic carbocycles. The zero-order valence-electron chi connectivity index (χ0n) is 31.7. The fraction of sp³-hybridized carbons (Fsp3) is 0.405. The Labute approximate surface area is 320 Å². The Hall–Kier alpha value is -5.56. The summed E-state index contributed by atoms with van der Waals surface area (Å²) >= 11 is 0. The average Bonchev–Trinajstić information content (AvgIpc) is 3.67. The number of hydrogen-bond acceptors (Lipinski definition) is 9. The summed E-state index contributed by atoms with van der Waals surface area (Å²) in [4.78, 5) is 41.4. The molecule has 0 spiro atoms. The first-order valence-electron chi connectivity index (χ1n) is 19.5. The molecule has 0 radical (unpaired) electrons. The topological polar surface area (TPSA) is 124 Å². The lowest BCUT2D eigenvalue weighted by Gasteiger charge is -2.37. The number of benzene rings is 3. The number of anilines is 5. The van der Waals surface area contributed by atoms with Gasteiger partial charge in [-0.3, -0.25) is 14.5 Å². The number of carbonyl (C=O) groups excluding carboxylic acids is 2. The third-order valence-corrected chi connectivity index (χ3v) is 12.0. The van der Waals surface area contributed by atoms with E-state index in [0.29, 0.717) is 42.6 Å². The van der Waals surface area contributed by atoms with Crippen LogP contribution in [0.5, 0.6) is 0 Å². The molecule has 12 nitrogen and oxygen atoms in total. The molecule has 5 aromatic rings. The summed E-state index contributed by atoms with van der Waals surface area (Å²) in [6.07, 6.45) is 6.26. The maximum absolute atomic E-state index is 15.5. The number of fused-ring (bicyclic) bond motifs is 3. The molecule has 0 saturated carbocycles. The minimum atomic E-state index is -0.483. The molecule has 9 rings (SSSR count). The fourth-order valence-electron chi connectivity index (χ4n) is 8.91. The summed E-state index contributed by atoms with van der Waals surface area (Å²) < 4.78 is 17.3. The highest BCUT2D eigenvalue weighted by atomic mass is 19.1. The zero-order valence-corrected chi connectivity index (χ0v) is 31.7. The van der Waals surface area contributed by atoms with Gasteiger partial charge in [0.25, 0.3) is 5.91 Å². The van der Waals surface area contributed by atoms with E-state index in [-0.39, 0.29) is 17.6 Å². The van der Waals surface area contributed by atoms with Gasteiger partial charge in [-0.25, -0.2) is 14.1 Å². The number of nitrogens with one attached hydrogen (secondary N) is 3. The maximum atomic E-state index is 15.5. The van der Waals surface area contributed by atoms with Crippen molar-refractivity contribution in [2.45, 2.75) is 65.1 Å². The number of piperidine rings is 2. The minimum absolute atomic E-state index is 0.116. The van der Waals surface area contributed by atoms with E-state index in [0.717, 1.165) is 103 Å². The molecule has 2 aromatic heterocycles. The molecule has 3 N–H and O–H groups in total. The van der Waals surface area contributed by atoms with Crippen molar-refractivity contribution in [2.75, 3.05) is 48.3 Å². The molecule has 6 heterocycles. The molecule has 2 fully saturated rings. The number of hydrogen-bond donors (Lipinski definition) is 3. The van der Waals surface area contributed by atoms with Crippen LogP contribution in [0, 0.1) is 25.6 Å². The van der Waals surface area contributed by atoms with Gasteiger partial charge in [-0.2, -0.15) is 10.1 Å². The van der Waals surface area contributed by atoms with Crippen LogP contribution in [-0.4, -0.2) is 80.1 Å². The molecule has 1 atom stereocenters. The summed E-state index contributed by atoms with van der Waals surface area (Å²) in [7, 11) is 1.90. The van der Waals surface area contributed by atoms with Crippen LogP contribution < -0.4 is 20.9 Å². The lowest BCUT2D eigenvalue weighted by molar-refractivity contribution is -0.127. The predicted molar refractivity (Wildman–Crippen MR) is 211 cm³/mol. The van der Waals surface area contributed by atoms with E-state index < -0.39 is 6.04 Å². The van der Waals surface area contributed by atoms with E-state index in [1.807, 2.05) is 19.3 Å². The van der Waals surface area contributed by atoms with Crippen LogP contribution >= 0.6 is 0 Å². The van der Waals surface area contributed by atoms with Crippen LogP contribution in [0.15, 0.2) is 54.7 Å². The zero-order chi connectivity index (χ0) is 37.8. The Morgan fingerprint density at radius 3 is 2.55 bits per heavy atom. The SMILES string of the molecule is Cc1cccc(C)c1Nc1nn(C)c2nc(Nc3ccc4c(c3)CN(CC3CCN(c5cc6c(cc5F)C(=O)N(C5CCCNC5=O)C6)CC3)CC4)ncc12. The lowest BCUT2D eigenvalue weighted by Crippen LogP contribution is -2.50. The first-order chi connectivity index (χ1) is 26.7. The van der Waals surface area contributed by atoms with Crippen molar-refractivity contribution in [3.63, 3.8) is 0 Å². The number of para-hydroxylation sites is 1. The third-order valence-electron chi connectivity index (χ3n) is 12.0. The van der Waals surface area contributed by atoms with Gasteiger partial charge in [0.15, 0.2) is 11.5 Å². The van der Waals surface area contributed by atoms with Crippen molar-refractivity contribution in [3.8, 4) is 0 Å². The van der Waals surface area contributed by atoms with Crippen molar-refractivity contribution in [3.05, 3.63) is 93.9 Å². The Bertz CT molecular complexity index is 2300. The van der Waals surface area contributed by atoms with Gasteiger partial charge in [-0.1, -0.05) is 24.3 Å². The largest absolute Gasteiger partial charge is 0.369 e. The fourth-order valence-corrected chi connectivity index (χ4v) is 8.91. The molecule has 4 aliphatic rings.